The first kappa shape index (κ1) is 10.4. The van der Waals surface area contributed by atoms with Gasteiger partial charge >= 0.3 is 0 Å². The third-order valence-corrected chi connectivity index (χ3v) is 4.35. The van der Waals surface area contributed by atoms with Crippen molar-refractivity contribution < 1.29 is 0 Å². The van der Waals surface area contributed by atoms with Gasteiger partial charge in [-0.25, -0.2) is 0 Å². The Balaban J connectivity index is 2.23. The molecular formula is C10H15ClN2S. The lowest BCUT2D eigenvalue weighted by Gasteiger charge is -2.37. The maximum Gasteiger partial charge on any atom is 0.207 e. The average molecular weight is 231 g/mol. The Hall–Kier alpha value is -0.150. The lowest BCUT2D eigenvalue weighted by Crippen LogP contribution is -2.25. The van der Waals surface area contributed by atoms with Crippen LogP contribution in [0.1, 0.15) is 50.5 Å². The fourth-order valence-electron chi connectivity index (χ4n) is 2.31. The van der Waals surface area contributed by atoms with Crippen LogP contribution in [0.15, 0.2) is 0 Å². The van der Waals surface area contributed by atoms with Gasteiger partial charge in [0.2, 0.25) is 4.47 Å². The van der Waals surface area contributed by atoms with Crippen LogP contribution in [0.4, 0.5) is 0 Å². The summed E-state index contributed by atoms with van der Waals surface area (Å²) in [6, 6.07) is 0. The average Bonchev–Trinajstić information content (AvgIpc) is 2.51. The van der Waals surface area contributed by atoms with Crippen molar-refractivity contribution >= 4 is 22.9 Å². The maximum absolute atomic E-state index is 5.82. The quantitative estimate of drug-likeness (QED) is 0.732. The third-order valence-electron chi connectivity index (χ3n) is 3.22. The van der Waals surface area contributed by atoms with Crippen LogP contribution in [0.5, 0.6) is 0 Å². The molecule has 14 heavy (non-hydrogen) atoms. The first-order valence-electron chi connectivity index (χ1n) is 5.08. The number of aromatic nitrogens is 2. The first-order chi connectivity index (χ1) is 6.59. The molecule has 1 saturated carbocycles. The zero-order valence-corrected chi connectivity index (χ0v) is 10.2. The minimum Gasteiger partial charge on any atom is -0.142 e. The number of halogens is 1. The molecule has 0 N–H and O–H groups in total. The van der Waals surface area contributed by atoms with Crippen molar-refractivity contribution in [1.82, 2.24) is 10.2 Å². The molecule has 1 aliphatic carbocycles. The number of hydrogen-bond donors (Lipinski definition) is 0. The van der Waals surface area contributed by atoms with Crippen LogP contribution in [0.2, 0.25) is 4.47 Å². The minimum absolute atomic E-state index is 0.362. The molecule has 2 nitrogen and oxygen atoms in total. The van der Waals surface area contributed by atoms with Crippen molar-refractivity contribution in [2.24, 2.45) is 5.41 Å². The van der Waals surface area contributed by atoms with Crippen molar-refractivity contribution in [1.29, 1.82) is 0 Å². The molecule has 1 aromatic heterocycles. The highest BCUT2D eigenvalue weighted by atomic mass is 35.5. The van der Waals surface area contributed by atoms with Gasteiger partial charge in [-0.2, -0.15) is 0 Å². The van der Waals surface area contributed by atoms with Crippen molar-refractivity contribution in [3.8, 4) is 0 Å². The summed E-state index contributed by atoms with van der Waals surface area (Å²) in [5, 5.41) is 9.19. The Bertz CT molecular complexity index is 322. The summed E-state index contributed by atoms with van der Waals surface area (Å²) < 4.78 is 0.571. The van der Waals surface area contributed by atoms with E-state index in [-0.39, 0.29) is 0 Å². The molecule has 0 amide bonds. The largest absolute Gasteiger partial charge is 0.207 e. The number of hydrogen-bond acceptors (Lipinski definition) is 3. The van der Waals surface area contributed by atoms with Gasteiger partial charge in [-0.15, -0.1) is 10.2 Å². The molecule has 0 spiro atoms. The lowest BCUT2D eigenvalue weighted by atomic mass is 9.69. The van der Waals surface area contributed by atoms with E-state index >= 15 is 0 Å². The predicted molar refractivity (Wildman–Crippen MR) is 59.9 cm³/mol. The zero-order valence-electron chi connectivity index (χ0n) is 8.59. The molecule has 0 saturated heterocycles. The van der Waals surface area contributed by atoms with Crippen LogP contribution >= 0.6 is 22.9 Å². The van der Waals surface area contributed by atoms with Gasteiger partial charge in [-0.1, -0.05) is 38.0 Å². The smallest absolute Gasteiger partial charge is 0.142 e. The molecule has 2 rings (SSSR count). The standard InChI is InChI=1S/C10H15ClN2S/c1-10(2)6-4-3-5-7(10)8-12-13-9(11)14-8/h7H,3-6H2,1-2H3. The lowest BCUT2D eigenvalue weighted by molar-refractivity contribution is 0.198. The van der Waals surface area contributed by atoms with Gasteiger partial charge in [-0.05, 0) is 29.9 Å². The van der Waals surface area contributed by atoms with Crippen molar-refractivity contribution in [2.75, 3.05) is 0 Å². The van der Waals surface area contributed by atoms with Gasteiger partial charge in [0.05, 0.1) is 0 Å². The molecule has 0 aromatic carbocycles. The molecule has 1 heterocycles. The van der Waals surface area contributed by atoms with Crippen LogP contribution in [0.25, 0.3) is 0 Å². The van der Waals surface area contributed by atoms with Gasteiger partial charge in [-0.3, -0.25) is 0 Å². The highest BCUT2D eigenvalue weighted by molar-refractivity contribution is 7.15. The van der Waals surface area contributed by atoms with E-state index in [0.717, 1.165) is 5.01 Å². The minimum atomic E-state index is 0.362. The summed E-state index contributed by atoms with van der Waals surface area (Å²) in [6.45, 7) is 4.65. The predicted octanol–water partition coefficient (Wildman–Crippen LogP) is 3.88. The maximum atomic E-state index is 5.82. The Morgan fingerprint density at radius 1 is 1.36 bits per heavy atom. The van der Waals surface area contributed by atoms with E-state index in [2.05, 4.69) is 24.0 Å². The highest BCUT2D eigenvalue weighted by Crippen LogP contribution is 2.47. The van der Waals surface area contributed by atoms with E-state index in [1.54, 1.807) is 0 Å². The molecule has 1 aromatic rings. The monoisotopic (exact) mass is 230 g/mol. The van der Waals surface area contributed by atoms with Crippen LogP contribution in [0.3, 0.4) is 0 Å². The summed E-state index contributed by atoms with van der Waals surface area (Å²) in [4.78, 5) is 0. The Labute approximate surface area is 93.7 Å². The molecule has 0 aliphatic heterocycles. The van der Waals surface area contributed by atoms with E-state index in [0.29, 0.717) is 15.8 Å². The fraction of sp³-hybridized carbons (Fsp3) is 0.800. The molecule has 0 bridgehead atoms. The third kappa shape index (κ3) is 1.94. The summed E-state index contributed by atoms with van der Waals surface area (Å²) in [5.74, 6) is 0.557. The van der Waals surface area contributed by atoms with E-state index in [9.17, 15) is 0 Å². The SMILES string of the molecule is CC1(C)CCCCC1c1nnc(Cl)s1. The molecular weight excluding hydrogens is 216 g/mol. The van der Waals surface area contributed by atoms with Crippen molar-refractivity contribution in [3.63, 3.8) is 0 Å². The summed E-state index contributed by atoms with van der Waals surface area (Å²) in [6.07, 6.45) is 5.18. The van der Waals surface area contributed by atoms with Gasteiger partial charge in [0.1, 0.15) is 5.01 Å². The molecule has 0 radical (unpaired) electrons. The Morgan fingerprint density at radius 2 is 2.14 bits per heavy atom. The summed E-state index contributed by atoms with van der Waals surface area (Å²) in [7, 11) is 0. The molecule has 1 aliphatic rings. The molecule has 4 heteroatoms. The molecule has 1 fully saturated rings. The van der Waals surface area contributed by atoms with Crippen molar-refractivity contribution in [3.05, 3.63) is 9.47 Å². The molecule has 78 valence electrons. The van der Waals surface area contributed by atoms with Gasteiger partial charge < -0.3 is 0 Å². The second kappa shape index (κ2) is 3.78. The summed E-state index contributed by atoms with van der Waals surface area (Å²) in [5.41, 5.74) is 0.362. The van der Waals surface area contributed by atoms with Crippen molar-refractivity contribution in [2.45, 2.75) is 45.4 Å². The van der Waals surface area contributed by atoms with E-state index in [1.165, 1.54) is 37.0 Å². The van der Waals surface area contributed by atoms with Gasteiger partial charge in [0, 0.05) is 5.92 Å². The number of nitrogens with zero attached hydrogens (tertiary/aromatic N) is 2. The first-order valence-corrected chi connectivity index (χ1v) is 6.28. The topological polar surface area (TPSA) is 25.8 Å². The Kier molecular flexibility index (Phi) is 2.80. The van der Waals surface area contributed by atoms with E-state index in [1.807, 2.05) is 0 Å². The summed E-state index contributed by atoms with van der Waals surface area (Å²) >= 11 is 7.36. The van der Waals surface area contributed by atoms with Crippen LogP contribution < -0.4 is 0 Å². The normalized spacial score (nSPS) is 26.4. The van der Waals surface area contributed by atoms with Crippen LogP contribution in [0, 0.1) is 5.41 Å². The van der Waals surface area contributed by atoms with E-state index in [4.69, 9.17) is 11.6 Å². The number of rotatable bonds is 1. The second-order valence-corrected chi connectivity index (χ2v) is 6.27. The highest BCUT2D eigenvalue weighted by Gasteiger charge is 2.35. The Morgan fingerprint density at radius 3 is 2.71 bits per heavy atom. The molecule has 1 atom stereocenters. The molecule has 1 unspecified atom stereocenters. The second-order valence-electron chi connectivity index (χ2n) is 4.68. The van der Waals surface area contributed by atoms with Crippen LogP contribution in [-0.2, 0) is 0 Å². The van der Waals surface area contributed by atoms with E-state index < -0.39 is 0 Å². The van der Waals surface area contributed by atoms with Gasteiger partial charge in [0.15, 0.2) is 0 Å². The van der Waals surface area contributed by atoms with Gasteiger partial charge in [0.25, 0.3) is 0 Å². The van der Waals surface area contributed by atoms with Crippen LogP contribution in [-0.4, -0.2) is 10.2 Å². The zero-order chi connectivity index (χ0) is 10.2. The fourth-order valence-corrected chi connectivity index (χ4v) is 3.50.